The summed E-state index contributed by atoms with van der Waals surface area (Å²) < 4.78 is 17.6. The molecule has 0 aliphatic carbocycles. The third-order valence-electron chi connectivity index (χ3n) is 6.91. The molecule has 3 aliphatic rings. The zero-order valence-electron chi connectivity index (χ0n) is 18.6. The highest BCUT2D eigenvalue weighted by Crippen LogP contribution is 2.38. The van der Waals surface area contributed by atoms with Crippen molar-refractivity contribution in [3.05, 3.63) is 23.8 Å². The van der Waals surface area contributed by atoms with Crippen molar-refractivity contribution < 1.29 is 19.0 Å². The molecule has 0 saturated carbocycles. The van der Waals surface area contributed by atoms with Gasteiger partial charge in [0.2, 0.25) is 5.91 Å². The molecule has 3 aliphatic heterocycles. The van der Waals surface area contributed by atoms with E-state index in [1.165, 1.54) is 5.56 Å². The second-order valence-electron chi connectivity index (χ2n) is 8.93. The van der Waals surface area contributed by atoms with Gasteiger partial charge in [0.1, 0.15) is 0 Å². The van der Waals surface area contributed by atoms with Crippen molar-refractivity contribution in [2.24, 2.45) is 0 Å². The maximum atomic E-state index is 11.9. The summed E-state index contributed by atoms with van der Waals surface area (Å²) in [5.74, 6) is 1.85. The van der Waals surface area contributed by atoms with Crippen LogP contribution in [-0.2, 0) is 16.1 Å². The fourth-order valence-corrected chi connectivity index (χ4v) is 5.57. The number of piperidine rings is 2. The summed E-state index contributed by atoms with van der Waals surface area (Å²) in [4.78, 5) is 16.5. The van der Waals surface area contributed by atoms with Gasteiger partial charge in [0.25, 0.3) is 0 Å². The van der Waals surface area contributed by atoms with E-state index >= 15 is 0 Å². The Morgan fingerprint density at radius 2 is 1.73 bits per heavy atom. The lowest BCUT2D eigenvalue weighted by atomic mass is 9.98. The van der Waals surface area contributed by atoms with Crippen LogP contribution in [0.3, 0.4) is 0 Å². The predicted molar refractivity (Wildman–Crippen MR) is 116 cm³/mol. The van der Waals surface area contributed by atoms with E-state index in [1.807, 2.05) is 13.0 Å². The molecule has 0 aromatic heterocycles. The number of ether oxygens (including phenoxy) is 3. The molecule has 2 bridgehead atoms. The molecule has 1 aromatic rings. The largest absolute Gasteiger partial charge is 0.493 e. The van der Waals surface area contributed by atoms with Gasteiger partial charge in [-0.05, 0) is 63.1 Å². The predicted octanol–water partition coefficient (Wildman–Crippen LogP) is 3.62. The quantitative estimate of drug-likeness (QED) is 0.680. The van der Waals surface area contributed by atoms with E-state index in [-0.39, 0.29) is 5.91 Å². The minimum Gasteiger partial charge on any atom is -0.493 e. The monoisotopic (exact) mass is 416 g/mol. The number of methoxy groups -OCH3 is 1. The number of hydrogen-bond acceptors (Lipinski definition) is 5. The number of rotatable bonds is 7. The van der Waals surface area contributed by atoms with Crippen molar-refractivity contribution >= 4 is 5.91 Å². The van der Waals surface area contributed by atoms with Gasteiger partial charge in [-0.25, -0.2) is 0 Å². The maximum absolute atomic E-state index is 11.9. The average molecular weight is 417 g/mol. The lowest BCUT2D eigenvalue weighted by molar-refractivity contribution is -0.138. The van der Waals surface area contributed by atoms with Crippen LogP contribution in [0.5, 0.6) is 11.5 Å². The molecule has 30 heavy (non-hydrogen) atoms. The molecule has 0 radical (unpaired) electrons. The van der Waals surface area contributed by atoms with Crippen molar-refractivity contribution in [3.8, 4) is 11.5 Å². The molecule has 3 heterocycles. The van der Waals surface area contributed by atoms with Crippen LogP contribution >= 0.6 is 0 Å². The molecular formula is C24H36N2O4. The number of nitrogens with zero attached hydrogens (tertiary/aromatic N) is 2. The Morgan fingerprint density at radius 1 is 1.03 bits per heavy atom. The Bertz CT molecular complexity index is 718. The van der Waals surface area contributed by atoms with Crippen LogP contribution in [0.15, 0.2) is 18.2 Å². The highest BCUT2D eigenvalue weighted by molar-refractivity contribution is 5.74. The Morgan fingerprint density at radius 3 is 2.33 bits per heavy atom. The smallest absolute Gasteiger partial charge is 0.219 e. The van der Waals surface area contributed by atoms with Crippen molar-refractivity contribution in [1.82, 2.24) is 9.80 Å². The van der Waals surface area contributed by atoms with Crippen molar-refractivity contribution in [2.45, 2.75) is 83.2 Å². The van der Waals surface area contributed by atoms with Crippen LogP contribution in [0.4, 0.5) is 0 Å². The van der Waals surface area contributed by atoms with Crippen LogP contribution in [0.2, 0.25) is 0 Å². The average Bonchev–Trinajstić information content (AvgIpc) is 3.02. The standard InChI is InChI=1S/C24H36N2O4/c1-4-29-23-8-5-18(13-24(23)28-3)16-25-11-9-21(10-12-25)30-22-14-19-6-7-20(15-22)26(19)17(2)27/h5,8,13,19-22H,4,6-7,9-12,14-16H2,1-3H3/t19-,20+,22?. The number of benzene rings is 1. The summed E-state index contributed by atoms with van der Waals surface area (Å²) in [5, 5.41) is 0. The second-order valence-corrected chi connectivity index (χ2v) is 8.93. The highest BCUT2D eigenvalue weighted by Gasteiger charge is 2.43. The fraction of sp³-hybridized carbons (Fsp3) is 0.708. The summed E-state index contributed by atoms with van der Waals surface area (Å²) in [6, 6.07) is 7.04. The minimum absolute atomic E-state index is 0.236. The van der Waals surface area contributed by atoms with E-state index in [0.29, 0.717) is 30.9 Å². The lowest BCUT2D eigenvalue weighted by Crippen LogP contribution is -2.49. The number of hydrogen-bond donors (Lipinski definition) is 0. The van der Waals surface area contributed by atoms with E-state index in [9.17, 15) is 4.79 Å². The minimum atomic E-state index is 0.236. The van der Waals surface area contributed by atoms with E-state index in [4.69, 9.17) is 14.2 Å². The summed E-state index contributed by atoms with van der Waals surface area (Å²) in [7, 11) is 1.69. The molecule has 6 nitrogen and oxygen atoms in total. The molecule has 0 spiro atoms. The van der Waals surface area contributed by atoms with Crippen molar-refractivity contribution in [3.63, 3.8) is 0 Å². The molecule has 3 atom stereocenters. The Kier molecular flexibility index (Phi) is 6.84. The molecule has 166 valence electrons. The first kappa shape index (κ1) is 21.4. The number of amides is 1. The molecule has 1 unspecified atom stereocenters. The van der Waals surface area contributed by atoms with Crippen LogP contribution in [-0.4, -0.2) is 66.8 Å². The zero-order chi connectivity index (χ0) is 21.1. The van der Waals surface area contributed by atoms with E-state index in [0.717, 1.165) is 69.7 Å². The Hall–Kier alpha value is -1.79. The molecule has 0 N–H and O–H groups in total. The van der Waals surface area contributed by atoms with Gasteiger partial charge in [-0.2, -0.15) is 0 Å². The van der Waals surface area contributed by atoms with Gasteiger partial charge in [0.15, 0.2) is 11.5 Å². The summed E-state index contributed by atoms with van der Waals surface area (Å²) >= 11 is 0. The highest BCUT2D eigenvalue weighted by atomic mass is 16.5. The van der Waals surface area contributed by atoms with Crippen molar-refractivity contribution in [1.29, 1.82) is 0 Å². The molecule has 6 heteroatoms. The van der Waals surface area contributed by atoms with Gasteiger partial charge in [-0.1, -0.05) is 6.07 Å². The Balaban J connectivity index is 1.24. The molecule has 1 aromatic carbocycles. The van der Waals surface area contributed by atoms with Gasteiger partial charge in [-0.3, -0.25) is 9.69 Å². The van der Waals surface area contributed by atoms with Crippen LogP contribution < -0.4 is 9.47 Å². The fourth-order valence-electron chi connectivity index (χ4n) is 5.57. The summed E-state index contributed by atoms with van der Waals surface area (Å²) in [5.41, 5.74) is 1.25. The first-order valence-corrected chi connectivity index (χ1v) is 11.5. The SMILES string of the molecule is CCOc1ccc(CN2CCC(OC3C[C@H]4CC[C@@H](C3)N4C(C)=O)CC2)cc1OC. The van der Waals surface area contributed by atoms with Crippen LogP contribution in [0.25, 0.3) is 0 Å². The van der Waals surface area contributed by atoms with Crippen LogP contribution in [0.1, 0.15) is 57.9 Å². The topological polar surface area (TPSA) is 51.2 Å². The van der Waals surface area contributed by atoms with E-state index in [1.54, 1.807) is 14.0 Å². The van der Waals surface area contributed by atoms with E-state index < -0.39 is 0 Å². The van der Waals surface area contributed by atoms with Gasteiger partial charge in [0, 0.05) is 38.6 Å². The first-order valence-electron chi connectivity index (χ1n) is 11.5. The third kappa shape index (κ3) is 4.75. The van der Waals surface area contributed by atoms with Gasteiger partial charge in [0.05, 0.1) is 25.9 Å². The van der Waals surface area contributed by atoms with E-state index in [2.05, 4.69) is 21.9 Å². The summed E-state index contributed by atoms with van der Waals surface area (Å²) in [6.45, 7) is 7.37. The number of carbonyl (C=O) groups excluding carboxylic acids is 1. The lowest BCUT2D eigenvalue weighted by Gasteiger charge is -2.41. The number of likely N-dealkylation sites (tertiary alicyclic amines) is 1. The molecular weight excluding hydrogens is 380 g/mol. The first-order chi connectivity index (χ1) is 14.6. The van der Waals surface area contributed by atoms with Crippen LogP contribution in [0, 0.1) is 0 Å². The van der Waals surface area contributed by atoms with Crippen molar-refractivity contribution in [2.75, 3.05) is 26.8 Å². The third-order valence-corrected chi connectivity index (χ3v) is 6.91. The normalized spacial score (nSPS) is 27.3. The van der Waals surface area contributed by atoms with Gasteiger partial charge < -0.3 is 19.1 Å². The number of carbonyl (C=O) groups is 1. The van der Waals surface area contributed by atoms with Gasteiger partial charge in [-0.15, -0.1) is 0 Å². The molecule has 1 amide bonds. The summed E-state index contributed by atoms with van der Waals surface area (Å²) in [6.07, 6.45) is 7.16. The molecule has 3 saturated heterocycles. The maximum Gasteiger partial charge on any atom is 0.219 e. The second kappa shape index (κ2) is 9.56. The molecule has 3 fully saturated rings. The zero-order valence-corrected chi connectivity index (χ0v) is 18.6. The van der Waals surface area contributed by atoms with Gasteiger partial charge >= 0.3 is 0 Å². The number of fused-ring (bicyclic) bond motifs is 2. The molecule has 4 rings (SSSR count). The Labute approximate surface area is 180 Å².